The third kappa shape index (κ3) is 3.20. The predicted molar refractivity (Wildman–Crippen MR) is 79.1 cm³/mol. The first-order valence-corrected chi connectivity index (χ1v) is 7.69. The fourth-order valence-electron chi connectivity index (χ4n) is 2.80. The van der Waals surface area contributed by atoms with Gasteiger partial charge in [0.05, 0.1) is 0 Å². The molecule has 1 aliphatic rings. The van der Waals surface area contributed by atoms with E-state index in [0.29, 0.717) is 4.47 Å². The molecule has 0 aromatic heterocycles. The fraction of sp³-hybridized carbons (Fsp3) is 0.533. The molecule has 2 rings (SSSR count). The Labute approximate surface area is 126 Å². The lowest BCUT2D eigenvalue weighted by atomic mass is 9.87. The van der Waals surface area contributed by atoms with E-state index in [1.54, 1.807) is 6.07 Å². The minimum absolute atomic E-state index is 0.132. The zero-order valence-corrected chi connectivity index (χ0v) is 13.0. The molecule has 1 aromatic carbocycles. The van der Waals surface area contributed by atoms with Crippen LogP contribution in [0.3, 0.4) is 0 Å². The monoisotopic (exact) mass is 343 g/mol. The van der Waals surface area contributed by atoms with Crippen molar-refractivity contribution in [3.63, 3.8) is 0 Å². The van der Waals surface area contributed by atoms with Crippen LogP contribution in [0.2, 0.25) is 0 Å². The van der Waals surface area contributed by atoms with Crippen molar-refractivity contribution in [2.75, 3.05) is 0 Å². The number of carboxylic acids is 1. The largest absolute Gasteiger partial charge is 0.480 e. The van der Waals surface area contributed by atoms with Crippen LogP contribution in [-0.4, -0.2) is 17.1 Å². The van der Waals surface area contributed by atoms with Gasteiger partial charge in [-0.1, -0.05) is 41.3 Å². The van der Waals surface area contributed by atoms with Crippen molar-refractivity contribution in [1.82, 2.24) is 5.32 Å². The minimum Gasteiger partial charge on any atom is -0.480 e. The molecule has 20 heavy (non-hydrogen) atoms. The molecule has 0 aliphatic heterocycles. The summed E-state index contributed by atoms with van der Waals surface area (Å²) in [4.78, 5) is 11.7. The third-order valence-corrected chi connectivity index (χ3v) is 4.49. The second kappa shape index (κ2) is 6.22. The van der Waals surface area contributed by atoms with Crippen LogP contribution in [0.5, 0.6) is 0 Å². The number of hydrogen-bond donors (Lipinski definition) is 2. The van der Waals surface area contributed by atoms with Gasteiger partial charge in [0, 0.05) is 16.1 Å². The number of rotatable bonds is 4. The van der Waals surface area contributed by atoms with Gasteiger partial charge in [0.1, 0.15) is 11.4 Å². The van der Waals surface area contributed by atoms with E-state index >= 15 is 0 Å². The van der Waals surface area contributed by atoms with Crippen LogP contribution < -0.4 is 5.32 Å². The summed E-state index contributed by atoms with van der Waals surface area (Å²) in [7, 11) is 0. The Morgan fingerprint density at radius 2 is 2.05 bits per heavy atom. The number of carboxylic acid groups (broad SMARTS) is 1. The number of carbonyl (C=O) groups is 1. The van der Waals surface area contributed by atoms with Crippen LogP contribution in [-0.2, 0) is 10.3 Å². The van der Waals surface area contributed by atoms with E-state index in [1.807, 2.05) is 0 Å². The van der Waals surface area contributed by atoms with Crippen molar-refractivity contribution in [3.05, 3.63) is 34.1 Å². The highest BCUT2D eigenvalue weighted by molar-refractivity contribution is 9.10. The molecule has 0 spiro atoms. The first-order chi connectivity index (χ1) is 9.43. The van der Waals surface area contributed by atoms with Crippen molar-refractivity contribution < 1.29 is 14.3 Å². The van der Waals surface area contributed by atoms with Gasteiger partial charge in [-0.2, -0.15) is 0 Å². The van der Waals surface area contributed by atoms with Gasteiger partial charge in [-0.15, -0.1) is 0 Å². The lowest BCUT2D eigenvalue weighted by Crippen LogP contribution is -2.52. The zero-order chi connectivity index (χ0) is 14.8. The van der Waals surface area contributed by atoms with Gasteiger partial charge in [-0.05, 0) is 31.9 Å². The van der Waals surface area contributed by atoms with Gasteiger partial charge in [0.2, 0.25) is 0 Å². The predicted octanol–water partition coefficient (Wildman–Crippen LogP) is 3.81. The number of halogens is 2. The number of aliphatic carboxylic acids is 1. The number of benzene rings is 1. The quantitative estimate of drug-likeness (QED) is 0.873. The van der Waals surface area contributed by atoms with Gasteiger partial charge < -0.3 is 5.11 Å². The number of nitrogens with one attached hydrogen (secondary N) is 1. The van der Waals surface area contributed by atoms with Gasteiger partial charge in [-0.3, -0.25) is 5.32 Å². The van der Waals surface area contributed by atoms with Crippen molar-refractivity contribution in [1.29, 1.82) is 0 Å². The zero-order valence-electron chi connectivity index (χ0n) is 11.5. The smallest absolute Gasteiger partial charge is 0.328 e. The lowest BCUT2D eigenvalue weighted by molar-refractivity contribution is -0.145. The Hall–Kier alpha value is -0.940. The average molecular weight is 344 g/mol. The summed E-state index contributed by atoms with van der Waals surface area (Å²) < 4.78 is 14.7. The second-order valence-electron chi connectivity index (χ2n) is 5.53. The molecule has 5 heteroatoms. The van der Waals surface area contributed by atoms with Crippen LogP contribution in [0.15, 0.2) is 22.7 Å². The molecular weight excluding hydrogens is 325 g/mol. The van der Waals surface area contributed by atoms with Gasteiger partial charge in [-0.25, -0.2) is 9.18 Å². The molecule has 3 nitrogen and oxygen atoms in total. The molecule has 1 saturated carbocycles. The summed E-state index contributed by atoms with van der Waals surface area (Å²) in [6.07, 6.45) is 5.27. The van der Waals surface area contributed by atoms with Crippen molar-refractivity contribution in [3.8, 4) is 0 Å². The molecule has 0 heterocycles. The van der Waals surface area contributed by atoms with Crippen LogP contribution in [0.25, 0.3) is 0 Å². The Bertz CT molecular complexity index is 503. The van der Waals surface area contributed by atoms with Gasteiger partial charge in [0.25, 0.3) is 0 Å². The molecule has 0 bridgehead atoms. The number of hydrogen-bond acceptors (Lipinski definition) is 2. The Kier molecular flexibility index (Phi) is 4.81. The molecule has 1 fully saturated rings. The van der Waals surface area contributed by atoms with Crippen molar-refractivity contribution in [2.24, 2.45) is 0 Å². The Morgan fingerprint density at radius 1 is 1.40 bits per heavy atom. The second-order valence-corrected chi connectivity index (χ2v) is 6.45. The van der Waals surface area contributed by atoms with E-state index < -0.39 is 17.3 Å². The van der Waals surface area contributed by atoms with Crippen LogP contribution >= 0.6 is 15.9 Å². The van der Waals surface area contributed by atoms with Crippen LogP contribution in [0.1, 0.15) is 44.6 Å². The molecule has 1 atom stereocenters. The van der Waals surface area contributed by atoms with E-state index in [2.05, 4.69) is 21.2 Å². The van der Waals surface area contributed by atoms with E-state index in [4.69, 9.17) is 0 Å². The first-order valence-electron chi connectivity index (χ1n) is 6.90. The molecule has 110 valence electrons. The summed E-state index contributed by atoms with van der Waals surface area (Å²) >= 11 is 3.19. The molecular formula is C15H19BrFNO2. The summed E-state index contributed by atoms with van der Waals surface area (Å²) in [5.74, 6) is -1.56. The van der Waals surface area contributed by atoms with E-state index in [9.17, 15) is 14.3 Å². The summed E-state index contributed by atoms with van der Waals surface area (Å²) in [5, 5.41) is 12.7. The van der Waals surface area contributed by atoms with E-state index in [1.165, 1.54) is 25.5 Å². The topological polar surface area (TPSA) is 49.3 Å². The van der Waals surface area contributed by atoms with E-state index in [-0.39, 0.29) is 11.6 Å². The Balaban J connectivity index is 2.30. The summed E-state index contributed by atoms with van der Waals surface area (Å²) in [5.41, 5.74) is -1.22. The molecule has 1 aromatic rings. The lowest BCUT2D eigenvalue weighted by Gasteiger charge is -2.34. The van der Waals surface area contributed by atoms with Gasteiger partial charge >= 0.3 is 5.97 Å². The summed E-state index contributed by atoms with van der Waals surface area (Å²) in [6, 6.07) is 4.64. The van der Waals surface area contributed by atoms with Crippen LogP contribution in [0, 0.1) is 5.82 Å². The maximum atomic E-state index is 14.1. The molecule has 0 radical (unpaired) electrons. The SMILES string of the molecule is CC(NC1CCCCC1)(C(=O)O)c1ccc(Br)cc1F. The molecule has 1 unspecified atom stereocenters. The van der Waals surface area contributed by atoms with Crippen molar-refractivity contribution in [2.45, 2.75) is 50.6 Å². The van der Waals surface area contributed by atoms with Crippen molar-refractivity contribution >= 4 is 21.9 Å². The maximum Gasteiger partial charge on any atom is 0.328 e. The summed E-state index contributed by atoms with van der Waals surface area (Å²) in [6.45, 7) is 1.54. The van der Waals surface area contributed by atoms with Crippen LogP contribution in [0.4, 0.5) is 4.39 Å². The highest BCUT2D eigenvalue weighted by atomic mass is 79.9. The normalized spacial score (nSPS) is 19.6. The minimum atomic E-state index is -1.40. The standard InChI is InChI=1S/C15H19BrFNO2/c1-15(14(19)20,18-11-5-3-2-4-6-11)12-8-7-10(16)9-13(12)17/h7-9,11,18H,2-6H2,1H3,(H,19,20). The Morgan fingerprint density at radius 3 is 2.60 bits per heavy atom. The van der Waals surface area contributed by atoms with Gasteiger partial charge in [0.15, 0.2) is 0 Å². The highest BCUT2D eigenvalue weighted by Crippen LogP contribution is 2.29. The highest BCUT2D eigenvalue weighted by Gasteiger charge is 2.39. The molecule has 2 N–H and O–H groups in total. The average Bonchev–Trinajstić information content (AvgIpc) is 2.39. The molecule has 0 saturated heterocycles. The third-order valence-electron chi connectivity index (χ3n) is 4.00. The molecule has 0 amide bonds. The maximum absolute atomic E-state index is 14.1. The first kappa shape index (κ1) is 15.4. The molecule has 1 aliphatic carbocycles. The van der Waals surface area contributed by atoms with E-state index in [0.717, 1.165) is 25.7 Å². The fourth-order valence-corrected chi connectivity index (χ4v) is 3.14.